The lowest BCUT2D eigenvalue weighted by Gasteiger charge is -2.32. The van der Waals surface area contributed by atoms with Gasteiger partial charge in [0.1, 0.15) is 17.2 Å². The molecule has 88 valence electrons. The Balaban J connectivity index is 2.34. The Hall–Kier alpha value is -2.11. The van der Waals surface area contributed by atoms with E-state index in [1.807, 2.05) is 0 Å². The minimum Gasteiger partial charge on any atom is -0.382 e. The standard InChI is InChI=1S/C11H14N6/c1-6-8-9(15-17(3)14-8)7-4-5-13-11(12)10(7)16(6)2/h4-6H,1-3H3,(H2,12,13)/i2D3. The fourth-order valence-corrected chi connectivity index (χ4v) is 2.13. The van der Waals surface area contributed by atoms with Crippen molar-refractivity contribution in [2.75, 3.05) is 17.6 Å². The molecule has 2 aromatic rings. The van der Waals surface area contributed by atoms with Crippen LogP contribution < -0.4 is 10.6 Å². The van der Waals surface area contributed by atoms with Crippen LogP contribution in [0.5, 0.6) is 0 Å². The minimum atomic E-state index is -2.33. The van der Waals surface area contributed by atoms with Gasteiger partial charge in [0.25, 0.3) is 0 Å². The largest absolute Gasteiger partial charge is 0.382 e. The molecule has 2 aromatic heterocycles. The summed E-state index contributed by atoms with van der Waals surface area (Å²) in [4.78, 5) is 6.72. The molecule has 6 nitrogen and oxygen atoms in total. The van der Waals surface area contributed by atoms with Crippen molar-refractivity contribution in [3.8, 4) is 11.3 Å². The summed E-state index contributed by atoms with van der Waals surface area (Å²) in [6, 6.07) is 1.26. The van der Waals surface area contributed by atoms with E-state index in [0.29, 0.717) is 22.6 Å². The molecule has 0 saturated heterocycles. The van der Waals surface area contributed by atoms with Gasteiger partial charge in [0.05, 0.1) is 11.7 Å². The summed E-state index contributed by atoms with van der Waals surface area (Å²) in [6.07, 6.45) is 1.54. The van der Waals surface area contributed by atoms with Gasteiger partial charge < -0.3 is 10.6 Å². The van der Waals surface area contributed by atoms with Crippen molar-refractivity contribution in [3.05, 3.63) is 18.0 Å². The molecule has 1 aliphatic rings. The summed E-state index contributed by atoms with van der Waals surface area (Å²) in [7, 11) is 1.70. The van der Waals surface area contributed by atoms with E-state index in [1.165, 1.54) is 9.70 Å². The van der Waals surface area contributed by atoms with Crippen LogP contribution in [0.25, 0.3) is 11.3 Å². The number of hydrogen-bond acceptors (Lipinski definition) is 5. The molecule has 3 rings (SSSR count). The molecule has 0 saturated carbocycles. The quantitative estimate of drug-likeness (QED) is 0.734. The van der Waals surface area contributed by atoms with Crippen molar-refractivity contribution in [1.82, 2.24) is 20.0 Å². The Kier molecular flexibility index (Phi) is 1.36. The molecule has 1 atom stereocenters. The van der Waals surface area contributed by atoms with Crippen LogP contribution in [0.2, 0.25) is 0 Å². The van der Waals surface area contributed by atoms with Crippen LogP contribution in [0.1, 0.15) is 22.8 Å². The highest BCUT2D eigenvalue weighted by molar-refractivity contribution is 5.87. The first-order chi connectivity index (χ1) is 9.30. The van der Waals surface area contributed by atoms with E-state index in [4.69, 9.17) is 9.85 Å². The van der Waals surface area contributed by atoms with Crippen LogP contribution >= 0.6 is 0 Å². The van der Waals surface area contributed by atoms with Crippen LogP contribution in [-0.2, 0) is 7.05 Å². The molecule has 0 bridgehead atoms. The normalized spacial score (nSPS) is 21.2. The SMILES string of the molecule is [2H]C([2H])([2H])N1c2c(ccnc2N)-c2nn(C)nc2C1C. The third kappa shape index (κ3) is 1.23. The summed E-state index contributed by atoms with van der Waals surface area (Å²) < 4.78 is 23.3. The van der Waals surface area contributed by atoms with Gasteiger partial charge >= 0.3 is 0 Å². The summed E-state index contributed by atoms with van der Waals surface area (Å²) in [5, 5.41) is 8.59. The molecular formula is C11H14N6. The highest BCUT2D eigenvalue weighted by Crippen LogP contribution is 2.43. The highest BCUT2D eigenvalue weighted by atomic mass is 15.5. The number of rotatable bonds is 0. The van der Waals surface area contributed by atoms with Gasteiger partial charge in [-0.05, 0) is 13.0 Å². The number of nitrogen functional groups attached to an aromatic ring is 1. The molecule has 17 heavy (non-hydrogen) atoms. The molecule has 2 N–H and O–H groups in total. The molecule has 0 aromatic carbocycles. The number of anilines is 2. The maximum Gasteiger partial charge on any atom is 0.147 e. The fourth-order valence-electron chi connectivity index (χ4n) is 2.13. The van der Waals surface area contributed by atoms with E-state index >= 15 is 0 Å². The maximum absolute atomic E-state index is 7.75. The average molecular weight is 233 g/mol. The van der Waals surface area contributed by atoms with Gasteiger partial charge in [0, 0.05) is 29.9 Å². The summed E-state index contributed by atoms with van der Waals surface area (Å²) in [6.45, 7) is -0.560. The zero-order chi connectivity index (χ0) is 14.7. The van der Waals surface area contributed by atoms with Crippen molar-refractivity contribution in [1.29, 1.82) is 0 Å². The lowest BCUT2D eigenvalue weighted by molar-refractivity contribution is 0.625. The molecule has 3 heterocycles. The first-order valence-corrected chi connectivity index (χ1v) is 5.26. The zero-order valence-corrected chi connectivity index (χ0v) is 9.55. The van der Waals surface area contributed by atoms with Gasteiger partial charge in [0.15, 0.2) is 0 Å². The number of hydrogen-bond donors (Lipinski definition) is 1. The Morgan fingerprint density at radius 3 is 3.06 bits per heavy atom. The molecule has 0 amide bonds. The predicted octanol–water partition coefficient (Wildman–Crippen LogP) is 0.970. The number of nitrogens with zero attached hydrogens (tertiary/aromatic N) is 5. The van der Waals surface area contributed by atoms with Gasteiger partial charge in [-0.3, -0.25) is 0 Å². The third-order valence-electron chi connectivity index (χ3n) is 2.97. The molecule has 0 radical (unpaired) electrons. The zero-order valence-electron chi connectivity index (χ0n) is 12.5. The molecule has 0 aliphatic carbocycles. The monoisotopic (exact) mass is 233 g/mol. The number of pyridine rings is 1. The fraction of sp³-hybridized carbons (Fsp3) is 0.364. The van der Waals surface area contributed by atoms with E-state index in [-0.39, 0.29) is 5.82 Å². The lowest BCUT2D eigenvalue weighted by atomic mass is 9.99. The molecule has 1 aliphatic heterocycles. The Morgan fingerprint density at radius 1 is 1.47 bits per heavy atom. The van der Waals surface area contributed by atoms with E-state index in [0.717, 1.165) is 0 Å². The van der Waals surface area contributed by atoms with Crippen molar-refractivity contribution in [3.63, 3.8) is 0 Å². The number of nitrogens with two attached hydrogens (primary N) is 1. The molecule has 1 unspecified atom stereocenters. The smallest absolute Gasteiger partial charge is 0.147 e. The van der Waals surface area contributed by atoms with Crippen molar-refractivity contribution in [2.45, 2.75) is 13.0 Å². The molecule has 0 fully saturated rings. The Labute approximate surface area is 103 Å². The van der Waals surface area contributed by atoms with Crippen LogP contribution in [0, 0.1) is 0 Å². The number of fused-ring (bicyclic) bond motifs is 3. The van der Waals surface area contributed by atoms with Crippen molar-refractivity contribution < 1.29 is 4.11 Å². The second kappa shape index (κ2) is 3.19. The lowest BCUT2D eigenvalue weighted by Crippen LogP contribution is -2.27. The first kappa shape index (κ1) is 7.26. The van der Waals surface area contributed by atoms with Crippen LogP contribution in [0.3, 0.4) is 0 Å². The third-order valence-corrected chi connectivity index (χ3v) is 2.97. The van der Waals surface area contributed by atoms with E-state index in [2.05, 4.69) is 15.2 Å². The van der Waals surface area contributed by atoms with Gasteiger partial charge in [-0.15, -0.1) is 0 Å². The second-order valence-corrected chi connectivity index (χ2v) is 4.06. The summed E-state index contributed by atoms with van der Waals surface area (Å²) in [5.74, 6) is 0.182. The van der Waals surface area contributed by atoms with Crippen LogP contribution in [0.15, 0.2) is 12.3 Å². The van der Waals surface area contributed by atoms with Crippen molar-refractivity contribution in [2.24, 2.45) is 7.05 Å². The number of aromatic nitrogens is 4. The first-order valence-electron chi connectivity index (χ1n) is 6.76. The van der Waals surface area contributed by atoms with E-state index < -0.39 is 13.0 Å². The highest BCUT2D eigenvalue weighted by Gasteiger charge is 2.31. The van der Waals surface area contributed by atoms with Gasteiger partial charge in [-0.25, -0.2) is 4.98 Å². The minimum absolute atomic E-state index is 0.182. The van der Waals surface area contributed by atoms with Gasteiger partial charge in [-0.2, -0.15) is 15.0 Å². The number of aryl methyl sites for hydroxylation is 1. The van der Waals surface area contributed by atoms with E-state index in [9.17, 15) is 0 Å². The predicted molar refractivity (Wildman–Crippen MR) is 65.5 cm³/mol. The summed E-state index contributed by atoms with van der Waals surface area (Å²) >= 11 is 0. The van der Waals surface area contributed by atoms with Crippen LogP contribution in [0.4, 0.5) is 11.5 Å². The summed E-state index contributed by atoms with van der Waals surface area (Å²) in [5.41, 5.74) is 8.22. The van der Waals surface area contributed by atoms with Gasteiger partial charge in [-0.1, -0.05) is 0 Å². The average Bonchev–Trinajstić information content (AvgIpc) is 2.71. The molecular weight excluding hydrogens is 216 g/mol. The van der Waals surface area contributed by atoms with Crippen molar-refractivity contribution >= 4 is 11.5 Å². The second-order valence-electron chi connectivity index (χ2n) is 4.06. The maximum atomic E-state index is 7.75. The molecule has 0 spiro atoms. The molecule has 6 heteroatoms. The van der Waals surface area contributed by atoms with Gasteiger partial charge in [0.2, 0.25) is 0 Å². The Morgan fingerprint density at radius 2 is 2.29 bits per heavy atom. The van der Waals surface area contributed by atoms with E-state index in [1.54, 1.807) is 26.2 Å². The van der Waals surface area contributed by atoms with Crippen LogP contribution in [-0.4, -0.2) is 27.0 Å². The Bertz CT molecular complexity index is 677. The topological polar surface area (TPSA) is 72.9 Å².